The summed E-state index contributed by atoms with van der Waals surface area (Å²) in [5.74, 6) is -0.523. The van der Waals surface area contributed by atoms with Crippen molar-refractivity contribution in [2.45, 2.75) is 18.3 Å². The van der Waals surface area contributed by atoms with Crippen LogP contribution in [0.25, 0.3) is 5.65 Å². The highest BCUT2D eigenvalue weighted by atomic mass is 16.2. The quantitative estimate of drug-likeness (QED) is 0.593. The molecule has 1 aromatic carbocycles. The van der Waals surface area contributed by atoms with Gasteiger partial charge in [0.05, 0.1) is 5.69 Å². The van der Waals surface area contributed by atoms with E-state index in [9.17, 15) is 14.4 Å². The number of nitrogens with zero attached hydrogens (tertiary/aromatic N) is 5. The number of urea groups is 1. The number of fused-ring (bicyclic) bond motifs is 1. The van der Waals surface area contributed by atoms with E-state index in [1.807, 2.05) is 47.0 Å². The van der Waals surface area contributed by atoms with Crippen LogP contribution in [0.5, 0.6) is 0 Å². The van der Waals surface area contributed by atoms with Crippen molar-refractivity contribution in [1.29, 1.82) is 0 Å². The predicted octanol–water partition coefficient (Wildman–Crippen LogP) is 2.14. The van der Waals surface area contributed by atoms with Crippen LogP contribution in [0.15, 0.2) is 60.9 Å². The first-order valence-electron chi connectivity index (χ1n) is 10.8. The number of pyridine rings is 1. The van der Waals surface area contributed by atoms with Gasteiger partial charge < -0.3 is 14.2 Å². The SMILES string of the molecule is CN1CC(=O)N(CC(=O)N2CCC(c3ccccc3)(c3cn4ccccc4n3)CC2)C1=O. The van der Waals surface area contributed by atoms with E-state index >= 15 is 0 Å². The van der Waals surface area contributed by atoms with Crippen molar-refractivity contribution in [3.63, 3.8) is 0 Å². The number of benzene rings is 1. The first kappa shape index (κ1) is 20.2. The largest absolute Gasteiger partial charge is 0.341 e. The molecule has 4 amide bonds. The maximum Gasteiger partial charge on any atom is 0.327 e. The van der Waals surface area contributed by atoms with Crippen molar-refractivity contribution in [1.82, 2.24) is 24.1 Å². The lowest BCUT2D eigenvalue weighted by Gasteiger charge is -2.41. The number of piperidine rings is 1. The van der Waals surface area contributed by atoms with E-state index in [0.29, 0.717) is 25.9 Å². The van der Waals surface area contributed by atoms with Gasteiger partial charge in [0, 0.05) is 37.9 Å². The molecular formula is C24H25N5O3. The van der Waals surface area contributed by atoms with Gasteiger partial charge in [0.25, 0.3) is 5.91 Å². The van der Waals surface area contributed by atoms with E-state index in [0.717, 1.165) is 16.2 Å². The first-order chi connectivity index (χ1) is 15.5. The van der Waals surface area contributed by atoms with Gasteiger partial charge in [-0.25, -0.2) is 9.78 Å². The Balaban J connectivity index is 1.39. The summed E-state index contributed by atoms with van der Waals surface area (Å²) in [6.07, 6.45) is 5.50. The van der Waals surface area contributed by atoms with Crippen LogP contribution >= 0.6 is 0 Å². The number of aromatic nitrogens is 2. The molecule has 0 radical (unpaired) electrons. The zero-order valence-corrected chi connectivity index (χ0v) is 18.0. The van der Waals surface area contributed by atoms with Crippen LogP contribution in [-0.4, -0.2) is 75.2 Å². The number of imide groups is 1. The number of hydrogen-bond donors (Lipinski definition) is 0. The van der Waals surface area contributed by atoms with Crippen LogP contribution in [0.2, 0.25) is 0 Å². The number of hydrogen-bond acceptors (Lipinski definition) is 4. The molecule has 0 spiro atoms. The average molecular weight is 431 g/mol. The van der Waals surface area contributed by atoms with Crippen molar-refractivity contribution in [3.05, 3.63) is 72.2 Å². The topological polar surface area (TPSA) is 78.2 Å². The van der Waals surface area contributed by atoms with Crippen molar-refractivity contribution in [2.24, 2.45) is 0 Å². The molecule has 32 heavy (non-hydrogen) atoms. The fourth-order valence-electron chi connectivity index (χ4n) is 4.81. The standard InChI is InChI=1S/C24H25N5O3/c1-26-16-22(31)29(23(26)32)17-21(30)27-13-10-24(11-14-27,18-7-3-2-4-8-18)19-15-28-12-6-5-9-20(28)25-19/h2-9,12,15H,10-11,13-14,16-17H2,1H3. The molecule has 2 aliphatic rings. The van der Waals surface area contributed by atoms with Gasteiger partial charge in [-0.2, -0.15) is 0 Å². The predicted molar refractivity (Wildman–Crippen MR) is 118 cm³/mol. The second-order valence-corrected chi connectivity index (χ2v) is 8.54. The van der Waals surface area contributed by atoms with Crippen molar-refractivity contribution in [3.8, 4) is 0 Å². The molecule has 0 saturated carbocycles. The summed E-state index contributed by atoms with van der Waals surface area (Å²) in [7, 11) is 1.56. The molecule has 8 nitrogen and oxygen atoms in total. The summed E-state index contributed by atoms with van der Waals surface area (Å²) in [6.45, 7) is 0.896. The fourth-order valence-corrected chi connectivity index (χ4v) is 4.81. The Morgan fingerprint density at radius 1 is 1.03 bits per heavy atom. The number of carbonyl (C=O) groups excluding carboxylic acids is 3. The molecule has 2 fully saturated rings. The number of amides is 4. The Labute approximate surface area is 186 Å². The van der Waals surface area contributed by atoms with Gasteiger partial charge in [0.15, 0.2) is 0 Å². The van der Waals surface area contributed by atoms with E-state index in [1.54, 1.807) is 11.9 Å². The molecule has 8 heteroatoms. The van der Waals surface area contributed by atoms with Gasteiger partial charge in [-0.05, 0) is 30.5 Å². The Bertz CT molecular complexity index is 1150. The van der Waals surface area contributed by atoms with Crippen LogP contribution in [0, 0.1) is 0 Å². The molecule has 0 aliphatic carbocycles. The fraction of sp³-hybridized carbons (Fsp3) is 0.333. The molecule has 4 heterocycles. The first-order valence-corrected chi connectivity index (χ1v) is 10.8. The number of likely N-dealkylation sites (tertiary alicyclic amines) is 1. The van der Waals surface area contributed by atoms with Crippen molar-refractivity contribution >= 4 is 23.5 Å². The number of likely N-dealkylation sites (N-methyl/N-ethyl adjacent to an activating group) is 1. The van der Waals surface area contributed by atoms with Gasteiger partial charge >= 0.3 is 6.03 Å². The second kappa shape index (κ2) is 7.78. The third-order valence-corrected chi connectivity index (χ3v) is 6.67. The number of imidazole rings is 1. The molecule has 2 aromatic heterocycles. The van der Waals surface area contributed by atoms with E-state index in [-0.39, 0.29) is 30.3 Å². The lowest BCUT2D eigenvalue weighted by molar-refractivity contribution is -0.137. The molecule has 164 valence electrons. The van der Waals surface area contributed by atoms with Crippen LogP contribution in [0.1, 0.15) is 24.1 Å². The molecule has 3 aromatic rings. The normalized spacial score (nSPS) is 18.6. The monoisotopic (exact) mass is 431 g/mol. The molecular weight excluding hydrogens is 406 g/mol. The number of rotatable bonds is 4. The molecule has 0 bridgehead atoms. The summed E-state index contributed by atoms with van der Waals surface area (Å²) in [4.78, 5) is 46.2. The minimum Gasteiger partial charge on any atom is -0.341 e. The smallest absolute Gasteiger partial charge is 0.327 e. The Kier molecular flexibility index (Phi) is 4.92. The van der Waals surface area contributed by atoms with E-state index < -0.39 is 6.03 Å². The molecule has 0 atom stereocenters. The van der Waals surface area contributed by atoms with Crippen LogP contribution in [0.4, 0.5) is 4.79 Å². The van der Waals surface area contributed by atoms with Crippen molar-refractivity contribution < 1.29 is 14.4 Å². The maximum atomic E-state index is 12.9. The van der Waals surface area contributed by atoms with Gasteiger partial charge in [0.2, 0.25) is 5.91 Å². The van der Waals surface area contributed by atoms with Crippen molar-refractivity contribution in [2.75, 3.05) is 33.2 Å². The van der Waals surface area contributed by atoms with E-state index in [2.05, 4.69) is 18.3 Å². The molecule has 0 N–H and O–H groups in total. The lowest BCUT2D eigenvalue weighted by Crippen LogP contribution is -2.49. The Morgan fingerprint density at radius 2 is 1.75 bits per heavy atom. The molecule has 2 saturated heterocycles. The minimum atomic E-state index is -0.413. The third-order valence-electron chi connectivity index (χ3n) is 6.67. The Hall–Kier alpha value is -3.68. The summed E-state index contributed by atoms with van der Waals surface area (Å²) in [5.41, 5.74) is 2.77. The highest BCUT2D eigenvalue weighted by molar-refractivity contribution is 6.04. The van der Waals surface area contributed by atoms with Gasteiger partial charge in [-0.1, -0.05) is 36.4 Å². The maximum absolute atomic E-state index is 12.9. The van der Waals surface area contributed by atoms with E-state index in [1.165, 1.54) is 10.5 Å². The van der Waals surface area contributed by atoms with Gasteiger partial charge in [0.1, 0.15) is 18.7 Å². The highest BCUT2D eigenvalue weighted by Gasteiger charge is 2.42. The second-order valence-electron chi connectivity index (χ2n) is 8.54. The summed E-state index contributed by atoms with van der Waals surface area (Å²) < 4.78 is 2.03. The summed E-state index contributed by atoms with van der Waals surface area (Å²) in [6, 6.07) is 15.8. The highest BCUT2D eigenvalue weighted by Crippen LogP contribution is 2.41. The molecule has 0 unspecified atom stereocenters. The number of carbonyl (C=O) groups is 3. The summed E-state index contributed by atoms with van der Waals surface area (Å²) >= 11 is 0. The minimum absolute atomic E-state index is 0.0249. The van der Waals surface area contributed by atoms with Crippen LogP contribution in [-0.2, 0) is 15.0 Å². The lowest BCUT2D eigenvalue weighted by atomic mass is 9.70. The van der Waals surface area contributed by atoms with Crippen LogP contribution < -0.4 is 0 Å². The third kappa shape index (κ3) is 3.32. The van der Waals surface area contributed by atoms with Crippen LogP contribution in [0.3, 0.4) is 0 Å². The van der Waals surface area contributed by atoms with Gasteiger partial charge in [-0.15, -0.1) is 0 Å². The molecule has 2 aliphatic heterocycles. The zero-order chi connectivity index (χ0) is 22.3. The zero-order valence-electron chi connectivity index (χ0n) is 18.0. The Morgan fingerprint density at radius 3 is 2.41 bits per heavy atom. The average Bonchev–Trinajstić information content (AvgIpc) is 3.36. The van der Waals surface area contributed by atoms with Gasteiger partial charge in [-0.3, -0.25) is 14.5 Å². The summed E-state index contributed by atoms with van der Waals surface area (Å²) in [5, 5.41) is 0. The van der Waals surface area contributed by atoms with E-state index in [4.69, 9.17) is 4.98 Å². The molecule has 5 rings (SSSR count).